The van der Waals surface area contributed by atoms with Crippen LogP contribution in [0.5, 0.6) is 17.4 Å². The number of halogens is 1. The fourth-order valence-electron chi connectivity index (χ4n) is 3.14. The van der Waals surface area contributed by atoms with E-state index in [2.05, 4.69) is 4.98 Å². The molecule has 1 atom stereocenters. The molecular weight excluding hydrogens is 375 g/mol. The normalized spacial score (nSPS) is 19.8. The van der Waals surface area contributed by atoms with E-state index >= 15 is 0 Å². The fourth-order valence-corrected chi connectivity index (χ4v) is 4.68. The number of ether oxygens (including phenoxy) is 3. The van der Waals surface area contributed by atoms with Crippen LogP contribution in [0.3, 0.4) is 0 Å². The van der Waals surface area contributed by atoms with Gasteiger partial charge in [0.1, 0.15) is 19.0 Å². The molecule has 0 bridgehead atoms. The highest BCUT2D eigenvalue weighted by atomic mass is 32.2. The molecule has 2 aliphatic heterocycles. The van der Waals surface area contributed by atoms with Gasteiger partial charge in [0.2, 0.25) is 15.9 Å². The zero-order valence-electron chi connectivity index (χ0n) is 14.5. The van der Waals surface area contributed by atoms with Crippen LogP contribution in [0.15, 0.2) is 41.4 Å². The lowest BCUT2D eigenvalue weighted by Gasteiger charge is -2.21. The summed E-state index contributed by atoms with van der Waals surface area (Å²) in [5.74, 6) is 0.941. The molecular formula is C18H19FN2O5S. The number of sulfonamides is 1. The molecule has 144 valence electrons. The summed E-state index contributed by atoms with van der Waals surface area (Å²) in [5.41, 5.74) is 0. The number of fused-ring (bicyclic) bond motifs is 1. The average molecular weight is 394 g/mol. The number of pyridine rings is 1. The van der Waals surface area contributed by atoms with E-state index in [9.17, 15) is 12.8 Å². The van der Waals surface area contributed by atoms with Gasteiger partial charge in [0.05, 0.1) is 17.7 Å². The Balaban J connectivity index is 1.40. The van der Waals surface area contributed by atoms with Crippen molar-refractivity contribution in [3.8, 4) is 17.4 Å². The quantitative estimate of drug-likeness (QED) is 0.773. The Morgan fingerprint density at radius 1 is 1.19 bits per heavy atom. The summed E-state index contributed by atoms with van der Waals surface area (Å²) in [7, 11) is -3.62. The predicted octanol–water partition coefficient (Wildman–Crippen LogP) is 2.08. The van der Waals surface area contributed by atoms with Crippen LogP contribution in [0.25, 0.3) is 0 Å². The third-order valence-electron chi connectivity index (χ3n) is 4.57. The van der Waals surface area contributed by atoms with Gasteiger partial charge in [-0.25, -0.2) is 17.8 Å². The highest BCUT2D eigenvalue weighted by Gasteiger charge is 2.33. The van der Waals surface area contributed by atoms with E-state index in [0.717, 1.165) is 6.20 Å². The highest BCUT2D eigenvalue weighted by molar-refractivity contribution is 7.89. The molecule has 0 N–H and O–H groups in total. The summed E-state index contributed by atoms with van der Waals surface area (Å²) in [6, 6.07) is 7.40. The number of hydrogen-bond acceptors (Lipinski definition) is 6. The molecule has 1 fully saturated rings. The van der Waals surface area contributed by atoms with E-state index < -0.39 is 15.8 Å². The van der Waals surface area contributed by atoms with Gasteiger partial charge in [0.25, 0.3) is 0 Å². The van der Waals surface area contributed by atoms with E-state index in [1.54, 1.807) is 6.07 Å². The standard InChI is InChI=1S/C18H19FN2O5S/c19-14-1-4-18(20-10-14)26-12-13-5-6-21(11-13)27(22,23)15-2-3-16-17(9-15)25-8-7-24-16/h1-4,9-10,13H,5-8,11-12H2. The molecule has 1 aromatic carbocycles. The van der Waals surface area contributed by atoms with Crippen molar-refractivity contribution in [3.63, 3.8) is 0 Å². The summed E-state index contributed by atoms with van der Waals surface area (Å²) in [6.45, 7) is 1.96. The van der Waals surface area contributed by atoms with Crippen molar-refractivity contribution in [1.82, 2.24) is 9.29 Å². The molecule has 2 aliphatic rings. The topological polar surface area (TPSA) is 78.0 Å². The third-order valence-corrected chi connectivity index (χ3v) is 6.43. The molecule has 2 aromatic rings. The first-order valence-electron chi connectivity index (χ1n) is 8.66. The lowest BCUT2D eigenvalue weighted by molar-refractivity contribution is 0.171. The summed E-state index contributed by atoms with van der Waals surface area (Å²) in [4.78, 5) is 4.03. The van der Waals surface area contributed by atoms with Crippen LogP contribution in [-0.2, 0) is 10.0 Å². The van der Waals surface area contributed by atoms with Crippen LogP contribution in [-0.4, -0.2) is 50.6 Å². The van der Waals surface area contributed by atoms with Gasteiger partial charge in [-0.1, -0.05) is 0 Å². The summed E-state index contributed by atoms with van der Waals surface area (Å²) >= 11 is 0. The Morgan fingerprint density at radius 2 is 2.00 bits per heavy atom. The minimum Gasteiger partial charge on any atom is -0.486 e. The summed E-state index contributed by atoms with van der Waals surface area (Å²) in [5, 5.41) is 0. The molecule has 4 rings (SSSR count). The SMILES string of the molecule is O=S(=O)(c1ccc2c(c1)OCCO2)N1CCC(COc2ccc(F)cn2)C1. The van der Waals surface area contributed by atoms with Crippen molar-refractivity contribution in [2.24, 2.45) is 5.92 Å². The van der Waals surface area contributed by atoms with Crippen LogP contribution in [0.2, 0.25) is 0 Å². The van der Waals surface area contributed by atoms with Crippen molar-refractivity contribution in [2.75, 3.05) is 32.9 Å². The van der Waals surface area contributed by atoms with Gasteiger partial charge in [-0.05, 0) is 24.6 Å². The van der Waals surface area contributed by atoms with E-state index in [1.165, 1.54) is 28.6 Å². The van der Waals surface area contributed by atoms with Gasteiger partial charge in [-0.3, -0.25) is 0 Å². The second-order valence-corrected chi connectivity index (χ2v) is 8.39. The molecule has 0 saturated carbocycles. The smallest absolute Gasteiger partial charge is 0.243 e. The van der Waals surface area contributed by atoms with Crippen LogP contribution in [0, 0.1) is 11.7 Å². The maximum Gasteiger partial charge on any atom is 0.243 e. The number of rotatable bonds is 5. The zero-order chi connectivity index (χ0) is 18.9. The Labute approximate surface area is 156 Å². The minimum absolute atomic E-state index is 0.0452. The van der Waals surface area contributed by atoms with Crippen molar-refractivity contribution in [1.29, 1.82) is 0 Å². The van der Waals surface area contributed by atoms with E-state index in [0.29, 0.717) is 56.7 Å². The number of aromatic nitrogens is 1. The fraction of sp³-hybridized carbons (Fsp3) is 0.389. The second kappa shape index (κ2) is 7.32. The van der Waals surface area contributed by atoms with Crippen LogP contribution in [0.4, 0.5) is 4.39 Å². The van der Waals surface area contributed by atoms with Crippen LogP contribution >= 0.6 is 0 Å². The van der Waals surface area contributed by atoms with Crippen LogP contribution in [0.1, 0.15) is 6.42 Å². The minimum atomic E-state index is -3.62. The first-order chi connectivity index (χ1) is 13.0. The largest absolute Gasteiger partial charge is 0.486 e. The lowest BCUT2D eigenvalue weighted by atomic mass is 10.1. The molecule has 0 spiro atoms. The summed E-state index contributed by atoms with van der Waals surface area (Å²) < 4.78 is 56.6. The molecule has 1 saturated heterocycles. The Bertz CT molecular complexity index is 920. The van der Waals surface area contributed by atoms with Gasteiger partial charge < -0.3 is 14.2 Å². The lowest BCUT2D eigenvalue weighted by Crippen LogP contribution is -2.30. The van der Waals surface area contributed by atoms with Gasteiger partial charge >= 0.3 is 0 Å². The molecule has 27 heavy (non-hydrogen) atoms. The van der Waals surface area contributed by atoms with Crippen molar-refractivity contribution >= 4 is 10.0 Å². The Kier molecular flexibility index (Phi) is 4.88. The van der Waals surface area contributed by atoms with Crippen molar-refractivity contribution in [2.45, 2.75) is 11.3 Å². The van der Waals surface area contributed by atoms with Gasteiger partial charge in [-0.15, -0.1) is 0 Å². The maximum absolute atomic E-state index is 12.9. The first-order valence-corrected chi connectivity index (χ1v) is 10.1. The molecule has 1 unspecified atom stereocenters. The second-order valence-electron chi connectivity index (χ2n) is 6.45. The Hall–Kier alpha value is -2.39. The third kappa shape index (κ3) is 3.84. The number of hydrogen-bond donors (Lipinski definition) is 0. The van der Waals surface area contributed by atoms with Gasteiger partial charge in [-0.2, -0.15) is 4.31 Å². The molecule has 3 heterocycles. The highest BCUT2D eigenvalue weighted by Crippen LogP contribution is 2.34. The van der Waals surface area contributed by atoms with Crippen molar-refractivity contribution < 1.29 is 27.0 Å². The number of nitrogens with zero attached hydrogens (tertiary/aromatic N) is 2. The average Bonchev–Trinajstić information content (AvgIpc) is 3.17. The zero-order valence-corrected chi connectivity index (χ0v) is 15.3. The summed E-state index contributed by atoms with van der Waals surface area (Å²) in [6.07, 6.45) is 1.77. The maximum atomic E-state index is 12.9. The van der Waals surface area contributed by atoms with Gasteiger partial charge in [0.15, 0.2) is 11.5 Å². The molecule has 0 aliphatic carbocycles. The molecule has 0 radical (unpaired) electrons. The molecule has 0 amide bonds. The first kappa shape index (κ1) is 18.0. The Morgan fingerprint density at radius 3 is 2.78 bits per heavy atom. The van der Waals surface area contributed by atoms with Crippen LogP contribution < -0.4 is 14.2 Å². The van der Waals surface area contributed by atoms with Crippen molar-refractivity contribution in [3.05, 3.63) is 42.3 Å². The van der Waals surface area contributed by atoms with E-state index in [1.807, 2.05) is 0 Å². The van der Waals surface area contributed by atoms with E-state index in [4.69, 9.17) is 14.2 Å². The number of benzene rings is 1. The predicted molar refractivity (Wildman–Crippen MR) is 94.0 cm³/mol. The monoisotopic (exact) mass is 394 g/mol. The molecule has 7 nitrogen and oxygen atoms in total. The van der Waals surface area contributed by atoms with E-state index in [-0.39, 0.29) is 10.8 Å². The van der Waals surface area contributed by atoms with Gasteiger partial charge in [0, 0.05) is 31.1 Å². The molecule has 9 heteroatoms. The molecule has 1 aromatic heterocycles.